The number of ether oxygens (including phenoxy) is 3. The minimum Gasteiger partial charge on any atom is -0.460 e. The highest BCUT2D eigenvalue weighted by molar-refractivity contribution is 7.86. The van der Waals surface area contributed by atoms with Crippen LogP contribution in [0.5, 0.6) is 0 Å². The molecule has 4 amide bonds. The number of carbonyl (C=O) groups is 5. The molecular formula is C46H54N10O11S. The van der Waals surface area contributed by atoms with E-state index in [1.54, 1.807) is 90.1 Å². The van der Waals surface area contributed by atoms with Gasteiger partial charge in [0.1, 0.15) is 36.1 Å². The summed E-state index contributed by atoms with van der Waals surface area (Å²) in [4.78, 5) is 76.2. The van der Waals surface area contributed by atoms with E-state index in [0.29, 0.717) is 59.7 Å². The Bertz CT molecular complexity index is 2550. The van der Waals surface area contributed by atoms with Gasteiger partial charge in [-0.1, -0.05) is 0 Å². The van der Waals surface area contributed by atoms with E-state index in [0.717, 1.165) is 32.4 Å². The van der Waals surface area contributed by atoms with Crippen molar-refractivity contribution in [1.82, 2.24) is 30.4 Å². The number of anilines is 2. The molecule has 3 aliphatic rings. The van der Waals surface area contributed by atoms with E-state index in [9.17, 15) is 32.4 Å². The van der Waals surface area contributed by atoms with E-state index < -0.39 is 45.8 Å². The number of hydrogen-bond acceptors (Lipinski definition) is 17. The van der Waals surface area contributed by atoms with Crippen LogP contribution in [0.15, 0.2) is 97.6 Å². The molecule has 22 heteroatoms. The molecule has 3 aliphatic heterocycles. The van der Waals surface area contributed by atoms with Crippen LogP contribution in [0.1, 0.15) is 59.0 Å². The Hall–Kier alpha value is -7.14. The second-order valence-corrected chi connectivity index (χ2v) is 18.6. The lowest BCUT2D eigenvalue weighted by Gasteiger charge is -2.35. The van der Waals surface area contributed by atoms with Crippen LogP contribution in [-0.2, 0) is 33.3 Å². The summed E-state index contributed by atoms with van der Waals surface area (Å²) in [7, 11) is -3.63. The molecule has 3 fully saturated rings. The number of nitrogens with zero attached hydrogens (tertiary/aromatic N) is 6. The number of pyridine rings is 2. The fourth-order valence-corrected chi connectivity index (χ4v) is 7.50. The SMILES string of the molecule is CC(C)(C)OC(=O)CCN1CCN(CC2CN(c3ccc(C(=N)NC(=O)c4cccnc4)cc3)C(=O)O2)CC1.CS(=O)(=O)OCC1CN(c2ccc(C(=N)NC(=O)c3cccnc3)cc2)C(=O)O1. The van der Waals surface area contributed by atoms with E-state index in [1.807, 2.05) is 20.8 Å². The van der Waals surface area contributed by atoms with Crippen LogP contribution in [0.2, 0.25) is 0 Å². The Labute approximate surface area is 393 Å². The predicted octanol–water partition coefficient (Wildman–Crippen LogP) is 3.65. The van der Waals surface area contributed by atoms with E-state index in [-0.39, 0.29) is 36.9 Å². The van der Waals surface area contributed by atoms with Crippen molar-refractivity contribution >= 4 is 63.1 Å². The lowest BCUT2D eigenvalue weighted by atomic mass is 10.1. The lowest BCUT2D eigenvalue weighted by Crippen LogP contribution is -2.49. The average molecular weight is 955 g/mol. The number of rotatable bonds is 14. The number of nitrogens with one attached hydrogen (secondary N) is 4. The molecule has 0 saturated carbocycles. The standard InChI is InChI=1S/C28H36N6O5.C18H18N4O6S/c1-28(2,3)39-24(35)10-12-32-13-15-33(16-14-32)18-23-19-34(27(37)38-23)22-8-6-20(7-9-22)25(29)31-26(36)21-5-4-11-30-17-21;1-29(25,26)27-11-15-10-22(18(24)28-15)14-6-4-12(5-7-14)16(19)21-17(23)13-3-2-8-20-9-13/h4-9,11,17,23H,10,12-16,18-19H2,1-3H3,(H2,29,31,36);2-9,15H,10-11H2,1H3,(H2,19,21,23). The van der Waals surface area contributed by atoms with Crippen LogP contribution in [0, 0.1) is 10.8 Å². The smallest absolute Gasteiger partial charge is 0.414 e. The number of cyclic esters (lactones) is 2. The van der Waals surface area contributed by atoms with Gasteiger partial charge < -0.3 is 29.7 Å². The van der Waals surface area contributed by atoms with Gasteiger partial charge >= 0.3 is 18.2 Å². The first kappa shape index (κ1) is 50.3. The zero-order valence-corrected chi connectivity index (χ0v) is 38.9. The number of carbonyl (C=O) groups excluding carboxylic acids is 5. The lowest BCUT2D eigenvalue weighted by molar-refractivity contribution is -0.155. The average Bonchev–Trinajstić information content (AvgIpc) is 3.88. The molecule has 360 valence electrons. The fraction of sp³-hybridized carbons (Fsp3) is 0.370. The van der Waals surface area contributed by atoms with Crippen LogP contribution in [0.4, 0.5) is 21.0 Å². The van der Waals surface area contributed by atoms with Crippen LogP contribution in [-0.4, -0.2) is 153 Å². The van der Waals surface area contributed by atoms with E-state index in [4.69, 9.17) is 25.0 Å². The van der Waals surface area contributed by atoms with Crippen molar-refractivity contribution in [2.24, 2.45) is 0 Å². The molecule has 0 aliphatic carbocycles. The molecule has 2 unspecified atom stereocenters. The highest BCUT2D eigenvalue weighted by Gasteiger charge is 2.35. The van der Waals surface area contributed by atoms with E-state index in [2.05, 4.69) is 34.6 Å². The second kappa shape index (κ2) is 22.6. The van der Waals surface area contributed by atoms with Gasteiger partial charge in [0.2, 0.25) is 0 Å². The summed E-state index contributed by atoms with van der Waals surface area (Å²) in [5.41, 5.74) is 2.37. The predicted molar refractivity (Wildman–Crippen MR) is 249 cm³/mol. The Kier molecular flexibility index (Phi) is 16.7. The maximum absolute atomic E-state index is 12.6. The van der Waals surface area contributed by atoms with Crippen molar-refractivity contribution < 1.29 is 50.8 Å². The summed E-state index contributed by atoms with van der Waals surface area (Å²) < 4.78 is 42.9. The molecule has 2 aromatic carbocycles. The summed E-state index contributed by atoms with van der Waals surface area (Å²) in [5, 5.41) is 21.3. The molecule has 0 spiro atoms. The van der Waals surface area contributed by atoms with Gasteiger partial charge in [0.15, 0.2) is 0 Å². The minimum atomic E-state index is -3.63. The highest BCUT2D eigenvalue weighted by Crippen LogP contribution is 2.25. The molecule has 2 atom stereocenters. The first-order chi connectivity index (χ1) is 32.3. The third-order valence-corrected chi connectivity index (χ3v) is 11.0. The molecular weight excluding hydrogens is 901 g/mol. The van der Waals surface area contributed by atoms with E-state index >= 15 is 0 Å². The molecule has 68 heavy (non-hydrogen) atoms. The summed E-state index contributed by atoms with van der Waals surface area (Å²) in [6.45, 7) is 10.6. The summed E-state index contributed by atoms with van der Waals surface area (Å²) >= 11 is 0. The molecule has 0 radical (unpaired) electrons. The molecule has 7 rings (SSSR count). The molecule has 4 N–H and O–H groups in total. The van der Waals surface area contributed by atoms with Crippen molar-refractivity contribution in [2.75, 3.05) is 75.0 Å². The first-order valence-electron chi connectivity index (χ1n) is 21.6. The number of hydrogen-bond donors (Lipinski definition) is 4. The van der Waals surface area contributed by atoms with Crippen molar-refractivity contribution in [2.45, 2.75) is 45.0 Å². The third kappa shape index (κ3) is 14.9. The van der Waals surface area contributed by atoms with Gasteiger partial charge in [-0.3, -0.25) is 54.1 Å². The molecule has 21 nitrogen and oxygen atoms in total. The molecule has 5 heterocycles. The largest absolute Gasteiger partial charge is 0.460 e. The zero-order valence-electron chi connectivity index (χ0n) is 38.0. The summed E-state index contributed by atoms with van der Waals surface area (Å²) in [6.07, 6.45) is 5.26. The fourth-order valence-electron chi connectivity index (χ4n) is 7.10. The Morgan fingerprint density at radius 2 is 1.16 bits per heavy atom. The Morgan fingerprint density at radius 1 is 0.706 bits per heavy atom. The van der Waals surface area contributed by atoms with Crippen molar-refractivity contribution in [3.8, 4) is 0 Å². The van der Waals surface area contributed by atoms with Gasteiger partial charge in [0.25, 0.3) is 21.9 Å². The number of amides is 4. The van der Waals surface area contributed by atoms with Crippen LogP contribution >= 0.6 is 0 Å². The quantitative estimate of drug-likeness (QED) is 0.0462. The normalized spacial score (nSPS) is 17.6. The maximum Gasteiger partial charge on any atom is 0.414 e. The number of esters is 1. The summed E-state index contributed by atoms with van der Waals surface area (Å²) in [6, 6.07) is 19.7. The zero-order chi connectivity index (χ0) is 49.0. The third-order valence-electron chi connectivity index (χ3n) is 10.5. The van der Waals surface area contributed by atoms with E-state index in [1.165, 1.54) is 17.3 Å². The highest BCUT2D eigenvalue weighted by atomic mass is 32.2. The topological polar surface area (TPSA) is 267 Å². The maximum atomic E-state index is 12.6. The van der Waals surface area contributed by atoms with Gasteiger partial charge in [-0.25, -0.2) is 9.59 Å². The molecule has 3 saturated heterocycles. The number of piperazine rings is 1. The number of amidine groups is 2. The van der Waals surface area contributed by atoms with Crippen LogP contribution in [0.25, 0.3) is 0 Å². The second-order valence-electron chi connectivity index (χ2n) is 16.9. The van der Waals surface area contributed by atoms with Crippen molar-refractivity contribution in [1.29, 1.82) is 10.8 Å². The van der Waals surface area contributed by atoms with Crippen LogP contribution in [0.3, 0.4) is 0 Å². The van der Waals surface area contributed by atoms with Gasteiger partial charge in [0.05, 0.1) is 36.9 Å². The van der Waals surface area contributed by atoms with Crippen LogP contribution < -0.4 is 20.4 Å². The monoisotopic (exact) mass is 954 g/mol. The van der Waals surface area contributed by atoms with Crippen molar-refractivity contribution in [3.05, 3.63) is 120 Å². The molecule has 4 aromatic rings. The van der Waals surface area contributed by atoms with Gasteiger partial charge in [0, 0.05) is 86.6 Å². The molecule has 2 aromatic heterocycles. The van der Waals surface area contributed by atoms with Gasteiger partial charge in [-0.2, -0.15) is 8.42 Å². The number of aromatic nitrogens is 2. The molecule has 0 bridgehead atoms. The Balaban J connectivity index is 0.000000234. The number of benzene rings is 2. The van der Waals surface area contributed by atoms with Gasteiger partial charge in [-0.15, -0.1) is 0 Å². The minimum absolute atomic E-state index is 0.0393. The Morgan fingerprint density at radius 3 is 1.60 bits per heavy atom. The van der Waals surface area contributed by atoms with Crippen molar-refractivity contribution in [3.63, 3.8) is 0 Å². The summed E-state index contributed by atoms with van der Waals surface area (Å²) in [5.74, 6) is -1.19. The van der Waals surface area contributed by atoms with Gasteiger partial charge in [-0.05, 0) is 93.6 Å². The first-order valence-corrected chi connectivity index (χ1v) is 23.4.